The predicted molar refractivity (Wildman–Crippen MR) is 66.1 cm³/mol. The Balaban J connectivity index is 2.00. The number of benzene rings is 1. The highest BCUT2D eigenvalue weighted by molar-refractivity contribution is 5.50. The third-order valence-electron chi connectivity index (χ3n) is 2.84. The molecule has 0 saturated carbocycles. The molecule has 0 saturated heterocycles. The normalized spacial score (nSPS) is 10.9. The molecule has 0 unspecified atom stereocenters. The molecule has 0 bridgehead atoms. The van der Waals surface area contributed by atoms with E-state index >= 15 is 0 Å². The van der Waals surface area contributed by atoms with E-state index in [1.807, 2.05) is 10.5 Å². The standard InChI is InChI=1S/C14H11FN2O/c15-11-3-1-2-10(6-11)7-14-16-9-12-8-13(18)4-5-17(12)14/h1-6,8-9,18H,7H2. The highest BCUT2D eigenvalue weighted by atomic mass is 19.1. The van der Waals surface area contributed by atoms with E-state index in [1.54, 1.807) is 30.6 Å². The Bertz CT molecular complexity index is 706. The summed E-state index contributed by atoms with van der Waals surface area (Å²) in [5.74, 6) is 0.779. The van der Waals surface area contributed by atoms with E-state index in [0.717, 1.165) is 16.9 Å². The van der Waals surface area contributed by atoms with Gasteiger partial charge in [0.2, 0.25) is 0 Å². The monoisotopic (exact) mass is 242 g/mol. The molecule has 0 spiro atoms. The molecule has 4 heteroatoms. The molecule has 3 nitrogen and oxygen atoms in total. The number of rotatable bonds is 2. The Morgan fingerprint density at radius 3 is 2.94 bits per heavy atom. The smallest absolute Gasteiger partial charge is 0.123 e. The zero-order valence-corrected chi connectivity index (χ0v) is 9.55. The van der Waals surface area contributed by atoms with Crippen LogP contribution in [-0.4, -0.2) is 14.5 Å². The van der Waals surface area contributed by atoms with Crippen LogP contribution < -0.4 is 0 Å². The molecule has 3 rings (SSSR count). The molecule has 2 heterocycles. The summed E-state index contributed by atoms with van der Waals surface area (Å²) in [4.78, 5) is 4.29. The quantitative estimate of drug-likeness (QED) is 0.750. The van der Waals surface area contributed by atoms with Crippen molar-refractivity contribution in [1.29, 1.82) is 0 Å². The van der Waals surface area contributed by atoms with Crippen molar-refractivity contribution in [2.45, 2.75) is 6.42 Å². The number of hydrogen-bond donors (Lipinski definition) is 1. The van der Waals surface area contributed by atoms with E-state index < -0.39 is 0 Å². The van der Waals surface area contributed by atoms with Crippen LogP contribution in [0.1, 0.15) is 11.4 Å². The molecule has 0 fully saturated rings. The van der Waals surface area contributed by atoms with Gasteiger partial charge >= 0.3 is 0 Å². The topological polar surface area (TPSA) is 37.5 Å². The lowest BCUT2D eigenvalue weighted by atomic mass is 10.1. The van der Waals surface area contributed by atoms with Crippen LogP contribution in [0.3, 0.4) is 0 Å². The van der Waals surface area contributed by atoms with Crippen LogP contribution >= 0.6 is 0 Å². The molecule has 18 heavy (non-hydrogen) atoms. The van der Waals surface area contributed by atoms with Gasteiger partial charge in [0, 0.05) is 18.7 Å². The number of aromatic nitrogens is 2. The van der Waals surface area contributed by atoms with Crippen LogP contribution in [0, 0.1) is 5.82 Å². The second kappa shape index (κ2) is 4.14. The number of imidazole rings is 1. The van der Waals surface area contributed by atoms with E-state index in [4.69, 9.17) is 0 Å². The zero-order chi connectivity index (χ0) is 12.5. The second-order valence-corrected chi connectivity index (χ2v) is 4.16. The van der Waals surface area contributed by atoms with Gasteiger partial charge in [-0.15, -0.1) is 0 Å². The summed E-state index contributed by atoms with van der Waals surface area (Å²) in [6.07, 6.45) is 4.00. The SMILES string of the molecule is Oc1ccn2c(Cc3cccc(F)c3)ncc2c1. The summed E-state index contributed by atoms with van der Waals surface area (Å²) in [6, 6.07) is 9.72. The average molecular weight is 242 g/mol. The van der Waals surface area contributed by atoms with E-state index in [-0.39, 0.29) is 11.6 Å². The molecular weight excluding hydrogens is 231 g/mol. The Morgan fingerprint density at radius 2 is 2.11 bits per heavy atom. The van der Waals surface area contributed by atoms with E-state index in [2.05, 4.69) is 4.98 Å². The Kier molecular flexibility index (Phi) is 2.48. The lowest BCUT2D eigenvalue weighted by Gasteiger charge is -2.02. The first kappa shape index (κ1) is 10.8. The molecule has 2 aromatic heterocycles. The number of nitrogens with zero attached hydrogens (tertiary/aromatic N) is 2. The molecular formula is C14H11FN2O. The van der Waals surface area contributed by atoms with E-state index in [9.17, 15) is 9.50 Å². The Hall–Kier alpha value is -2.36. The van der Waals surface area contributed by atoms with Crippen molar-refractivity contribution in [2.24, 2.45) is 0 Å². The number of aromatic hydroxyl groups is 1. The molecule has 0 amide bonds. The van der Waals surface area contributed by atoms with Crippen molar-refractivity contribution in [3.63, 3.8) is 0 Å². The molecule has 1 N–H and O–H groups in total. The van der Waals surface area contributed by atoms with Crippen LogP contribution in [-0.2, 0) is 6.42 Å². The lowest BCUT2D eigenvalue weighted by molar-refractivity contribution is 0.475. The summed E-state index contributed by atoms with van der Waals surface area (Å²) in [7, 11) is 0. The van der Waals surface area contributed by atoms with Crippen LogP contribution in [0.5, 0.6) is 5.75 Å². The summed E-state index contributed by atoms with van der Waals surface area (Å²) >= 11 is 0. The van der Waals surface area contributed by atoms with Gasteiger partial charge in [-0.1, -0.05) is 12.1 Å². The van der Waals surface area contributed by atoms with Crippen molar-refractivity contribution in [3.05, 3.63) is 66.0 Å². The summed E-state index contributed by atoms with van der Waals surface area (Å²) < 4.78 is 15.0. The number of pyridine rings is 1. The maximum Gasteiger partial charge on any atom is 0.123 e. The molecule has 0 atom stereocenters. The second-order valence-electron chi connectivity index (χ2n) is 4.16. The third-order valence-corrected chi connectivity index (χ3v) is 2.84. The fourth-order valence-electron chi connectivity index (χ4n) is 2.00. The summed E-state index contributed by atoms with van der Waals surface area (Å²) in [5, 5.41) is 9.37. The maximum absolute atomic E-state index is 13.1. The molecule has 0 aliphatic carbocycles. The number of fused-ring (bicyclic) bond motifs is 1. The largest absolute Gasteiger partial charge is 0.508 e. The third kappa shape index (κ3) is 1.93. The van der Waals surface area contributed by atoms with Crippen molar-refractivity contribution in [1.82, 2.24) is 9.38 Å². The van der Waals surface area contributed by atoms with Gasteiger partial charge in [0.15, 0.2) is 0 Å². The number of halogens is 1. The van der Waals surface area contributed by atoms with Crippen LogP contribution in [0.25, 0.3) is 5.52 Å². The number of hydrogen-bond acceptors (Lipinski definition) is 2. The van der Waals surface area contributed by atoms with Gasteiger partial charge in [-0.2, -0.15) is 0 Å². The molecule has 1 aromatic carbocycles. The van der Waals surface area contributed by atoms with Crippen molar-refractivity contribution >= 4 is 5.52 Å². The molecule has 0 aliphatic heterocycles. The first-order valence-electron chi connectivity index (χ1n) is 5.62. The highest BCUT2D eigenvalue weighted by Gasteiger charge is 2.05. The fraction of sp³-hybridized carbons (Fsp3) is 0.0714. The first-order valence-corrected chi connectivity index (χ1v) is 5.62. The van der Waals surface area contributed by atoms with Crippen LogP contribution in [0.15, 0.2) is 48.8 Å². The van der Waals surface area contributed by atoms with Gasteiger partial charge in [-0.25, -0.2) is 9.37 Å². The van der Waals surface area contributed by atoms with Crippen LogP contribution in [0.2, 0.25) is 0 Å². The molecule has 0 aliphatic rings. The zero-order valence-electron chi connectivity index (χ0n) is 9.55. The minimum atomic E-state index is -0.244. The van der Waals surface area contributed by atoms with Gasteiger partial charge in [-0.05, 0) is 23.8 Å². The van der Waals surface area contributed by atoms with Gasteiger partial charge in [-0.3, -0.25) is 0 Å². The average Bonchev–Trinajstić information content (AvgIpc) is 2.72. The van der Waals surface area contributed by atoms with E-state index in [0.29, 0.717) is 6.42 Å². The molecule has 3 aromatic rings. The Morgan fingerprint density at radius 1 is 1.22 bits per heavy atom. The van der Waals surface area contributed by atoms with Crippen molar-refractivity contribution in [3.8, 4) is 5.75 Å². The maximum atomic E-state index is 13.1. The lowest BCUT2D eigenvalue weighted by Crippen LogP contribution is -1.96. The minimum Gasteiger partial charge on any atom is -0.508 e. The highest BCUT2D eigenvalue weighted by Crippen LogP contribution is 2.16. The predicted octanol–water partition coefficient (Wildman–Crippen LogP) is 2.77. The fourth-order valence-corrected chi connectivity index (χ4v) is 2.00. The molecule has 0 radical (unpaired) electrons. The van der Waals surface area contributed by atoms with Gasteiger partial charge in [0.05, 0.1) is 11.7 Å². The van der Waals surface area contributed by atoms with E-state index in [1.165, 1.54) is 12.1 Å². The first-order chi connectivity index (χ1) is 8.72. The van der Waals surface area contributed by atoms with Gasteiger partial charge in [0.25, 0.3) is 0 Å². The van der Waals surface area contributed by atoms with Gasteiger partial charge < -0.3 is 9.51 Å². The summed E-state index contributed by atoms with van der Waals surface area (Å²) in [6.45, 7) is 0. The molecule has 90 valence electrons. The van der Waals surface area contributed by atoms with Crippen molar-refractivity contribution in [2.75, 3.05) is 0 Å². The summed E-state index contributed by atoms with van der Waals surface area (Å²) in [5.41, 5.74) is 1.69. The van der Waals surface area contributed by atoms with Crippen molar-refractivity contribution < 1.29 is 9.50 Å². The van der Waals surface area contributed by atoms with Gasteiger partial charge in [0.1, 0.15) is 17.4 Å². The van der Waals surface area contributed by atoms with Crippen LogP contribution in [0.4, 0.5) is 4.39 Å². The minimum absolute atomic E-state index is 0.208. The Labute approximate surface area is 103 Å².